The van der Waals surface area contributed by atoms with Crippen LogP contribution in [0.5, 0.6) is 11.5 Å². The fourth-order valence-electron chi connectivity index (χ4n) is 4.22. The SMILES string of the molecule is C=C(C)C(=O)OC(C)(COc1cc(OCC(C)(CSc2ccc(SC)cc2)OC(=O)C(=C)C)c(C)cc1C)CSc1ccc(SC)cc1. The molecule has 0 amide bonds. The van der Waals surface area contributed by atoms with Crippen molar-refractivity contribution in [3.63, 3.8) is 0 Å². The van der Waals surface area contributed by atoms with Crippen LogP contribution >= 0.6 is 47.0 Å². The number of aryl methyl sites for hydroxylation is 2. The summed E-state index contributed by atoms with van der Waals surface area (Å²) in [6, 6.07) is 20.4. The van der Waals surface area contributed by atoms with Crippen molar-refractivity contribution < 1.29 is 28.5 Å². The molecule has 258 valence electrons. The van der Waals surface area contributed by atoms with E-state index in [0.717, 1.165) is 20.9 Å². The third-order valence-electron chi connectivity index (χ3n) is 7.12. The van der Waals surface area contributed by atoms with Gasteiger partial charge in [0.25, 0.3) is 0 Å². The molecule has 2 unspecified atom stereocenters. The highest BCUT2D eigenvalue weighted by atomic mass is 32.2. The molecule has 0 aliphatic heterocycles. The lowest BCUT2D eigenvalue weighted by Gasteiger charge is -2.31. The van der Waals surface area contributed by atoms with Crippen LogP contribution in [0, 0.1) is 13.8 Å². The highest BCUT2D eigenvalue weighted by molar-refractivity contribution is 8.00. The van der Waals surface area contributed by atoms with E-state index < -0.39 is 23.1 Å². The van der Waals surface area contributed by atoms with Crippen LogP contribution in [0.4, 0.5) is 0 Å². The van der Waals surface area contributed by atoms with Crippen LogP contribution in [0.3, 0.4) is 0 Å². The minimum Gasteiger partial charge on any atom is -0.489 e. The molecule has 0 aromatic heterocycles. The number of carbonyl (C=O) groups excluding carboxylic acids is 2. The van der Waals surface area contributed by atoms with E-state index in [9.17, 15) is 9.59 Å². The largest absolute Gasteiger partial charge is 0.489 e. The number of esters is 2. The summed E-state index contributed by atoms with van der Waals surface area (Å²) in [5.41, 5.74) is 0.575. The Kier molecular flexibility index (Phi) is 15.0. The summed E-state index contributed by atoms with van der Waals surface area (Å²) in [5, 5.41) is 0. The molecule has 0 saturated carbocycles. The zero-order valence-electron chi connectivity index (χ0n) is 29.1. The topological polar surface area (TPSA) is 71.1 Å². The highest BCUT2D eigenvalue weighted by Gasteiger charge is 2.33. The van der Waals surface area contributed by atoms with E-state index >= 15 is 0 Å². The van der Waals surface area contributed by atoms with Crippen LogP contribution in [0.2, 0.25) is 0 Å². The maximum atomic E-state index is 12.6. The molecule has 0 radical (unpaired) electrons. The van der Waals surface area contributed by atoms with Crippen molar-refractivity contribution in [2.24, 2.45) is 0 Å². The van der Waals surface area contributed by atoms with Crippen molar-refractivity contribution in [2.75, 3.05) is 37.2 Å². The van der Waals surface area contributed by atoms with Crippen LogP contribution in [0.15, 0.2) is 105 Å². The molecular weight excluding hydrogens is 681 g/mol. The second-order valence-corrected chi connectivity index (χ2v) is 16.0. The Labute approximate surface area is 303 Å². The number of ether oxygens (including phenoxy) is 4. The van der Waals surface area contributed by atoms with Gasteiger partial charge in [0.2, 0.25) is 0 Å². The minimum atomic E-state index is -0.947. The van der Waals surface area contributed by atoms with Gasteiger partial charge in [-0.2, -0.15) is 0 Å². The van der Waals surface area contributed by atoms with Gasteiger partial charge in [0, 0.05) is 48.3 Å². The molecule has 0 fully saturated rings. The van der Waals surface area contributed by atoms with Crippen LogP contribution < -0.4 is 9.47 Å². The van der Waals surface area contributed by atoms with Gasteiger partial charge >= 0.3 is 11.9 Å². The van der Waals surface area contributed by atoms with Crippen molar-refractivity contribution >= 4 is 59.0 Å². The summed E-state index contributed by atoms with van der Waals surface area (Å²) in [4.78, 5) is 29.8. The van der Waals surface area contributed by atoms with Gasteiger partial charge in [-0.15, -0.1) is 47.0 Å². The Bertz CT molecular complexity index is 1470. The maximum Gasteiger partial charge on any atom is 0.333 e. The molecule has 10 heteroatoms. The first kappa shape index (κ1) is 39.5. The normalized spacial score (nSPS) is 13.5. The summed E-state index contributed by atoms with van der Waals surface area (Å²) in [7, 11) is 0. The summed E-state index contributed by atoms with van der Waals surface area (Å²) in [5.74, 6) is 1.22. The van der Waals surface area contributed by atoms with E-state index in [1.165, 1.54) is 9.79 Å². The van der Waals surface area contributed by atoms with E-state index in [1.54, 1.807) is 60.9 Å². The quantitative estimate of drug-likeness (QED) is 0.0719. The van der Waals surface area contributed by atoms with E-state index in [2.05, 4.69) is 61.7 Å². The summed E-state index contributed by atoms with van der Waals surface area (Å²) < 4.78 is 24.6. The average molecular weight is 727 g/mol. The molecule has 0 saturated heterocycles. The van der Waals surface area contributed by atoms with Gasteiger partial charge < -0.3 is 18.9 Å². The zero-order chi connectivity index (χ0) is 35.5. The predicted octanol–water partition coefficient (Wildman–Crippen LogP) is 9.85. The first-order valence-corrected chi connectivity index (χ1v) is 19.8. The lowest BCUT2D eigenvalue weighted by Crippen LogP contribution is -2.41. The fourth-order valence-corrected chi connectivity index (χ4v) is 6.93. The van der Waals surface area contributed by atoms with E-state index in [1.807, 2.05) is 52.3 Å². The summed E-state index contributed by atoms with van der Waals surface area (Å²) in [6.07, 6.45) is 4.08. The van der Waals surface area contributed by atoms with Crippen molar-refractivity contribution in [3.05, 3.63) is 96.1 Å². The molecule has 48 heavy (non-hydrogen) atoms. The number of hydrogen-bond donors (Lipinski definition) is 0. The highest BCUT2D eigenvalue weighted by Crippen LogP contribution is 2.34. The Hall–Kier alpha value is -2.92. The van der Waals surface area contributed by atoms with E-state index in [-0.39, 0.29) is 13.2 Å². The number of rotatable bonds is 18. The Balaban J connectivity index is 1.77. The molecule has 0 aliphatic rings. The lowest BCUT2D eigenvalue weighted by atomic mass is 10.1. The van der Waals surface area contributed by atoms with Gasteiger partial charge in [-0.25, -0.2) is 9.59 Å². The Morgan fingerprint density at radius 3 is 1.27 bits per heavy atom. The molecule has 2 atom stereocenters. The van der Waals surface area contributed by atoms with Crippen LogP contribution in [-0.2, 0) is 19.1 Å². The second-order valence-electron chi connectivity index (χ2n) is 12.1. The van der Waals surface area contributed by atoms with Crippen LogP contribution in [0.25, 0.3) is 0 Å². The number of carbonyl (C=O) groups is 2. The smallest absolute Gasteiger partial charge is 0.333 e. The molecule has 0 aliphatic carbocycles. The first-order chi connectivity index (χ1) is 22.7. The summed E-state index contributed by atoms with van der Waals surface area (Å²) in [6.45, 7) is 18.7. The predicted molar refractivity (Wildman–Crippen MR) is 203 cm³/mol. The van der Waals surface area contributed by atoms with Gasteiger partial charge in [0.1, 0.15) is 24.7 Å². The second kappa shape index (κ2) is 18.2. The molecule has 6 nitrogen and oxygen atoms in total. The van der Waals surface area contributed by atoms with Gasteiger partial charge in [0.05, 0.1) is 0 Å². The van der Waals surface area contributed by atoms with Crippen molar-refractivity contribution in [3.8, 4) is 11.5 Å². The number of thioether (sulfide) groups is 4. The molecule has 0 N–H and O–H groups in total. The van der Waals surface area contributed by atoms with Crippen molar-refractivity contribution in [2.45, 2.75) is 72.3 Å². The van der Waals surface area contributed by atoms with Crippen LogP contribution in [0.1, 0.15) is 38.8 Å². The first-order valence-electron chi connectivity index (χ1n) is 15.3. The fraction of sp³-hybridized carbons (Fsp3) is 0.368. The molecule has 3 aromatic carbocycles. The monoisotopic (exact) mass is 726 g/mol. The third-order valence-corrected chi connectivity index (χ3v) is 11.3. The van der Waals surface area contributed by atoms with Gasteiger partial charge in [-0.1, -0.05) is 13.2 Å². The number of hydrogen-bond acceptors (Lipinski definition) is 10. The molecular formula is C38H46O6S4. The Morgan fingerprint density at radius 1 is 0.625 bits per heavy atom. The minimum absolute atomic E-state index is 0.116. The molecule has 3 rings (SSSR count). The molecule has 0 spiro atoms. The van der Waals surface area contributed by atoms with Crippen molar-refractivity contribution in [1.82, 2.24) is 0 Å². The molecule has 0 heterocycles. The standard InChI is InChI=1S/C38H46O6S4/c1-25(2)35(39)43-37(7,23-47-31-15-11-29(45-9)12-16-31)21-41-33-20-34(28(6)19-27(33)5)42-22-38(8,44-36(40)26(3)4)24-48-32-17-13-30(46-10)14-18-32/h11-20H,1,3,21-24H2,2,4-10H3. The van der Waals surface area contributed by atoms with E-state index in [0.29, 0.717) is 34.2 Å². The Morgan fingerprint density at radius 2 is 0.958 bits per heavy atom. The van der Waals surface area contributed by atoms with Gasteiger partial charge in [-0.05, 0) is 120 Å². The van der Waals surface area contributed by atoms with Gasteiger partial charge in [-0.3, -0.25) is 0 Å². The molecule has 3 aromatic rings. The molecule has 0 bridgehead atoms. The summed E-state index contributed by atoms with van der Waals surface area (Å²) >= 11 is 6.57. The van der Waals surface area contributed by atoms with E-state index in [4.69, 9.17) is 18.9 Å². The lowest BCUT2D eigenvalue weighted by molar-refractivity contribution is -0.154. The zero-order valence-corrected chi connectivity index (χ0v) is 32.4. The maximum absolute atomic E-state index is 12.6. The van der Waals surface area contributed by atoms with Crippen LogP contribution in [-0.4, -0.2) is 60.4 Å². The average Bonchev–Trinajstić information content (AvgIpc) is 3.06. The van der Waals surface area contributed by atoms with Crippen molar-refractivity contribution in [1.29, 1.82) is 0 Å². The third kappa shape index (κ3) is 12.2. The number of benzene rings is 3. The van der Waals surface area contributed by atoms with Gasteiger partial charge in [0.15, 0.2) is 11.2 Å².